The van der Waals surface area contributed by atoms with Gasteiger partial charge < -0.3 is 9.84 Å². The summed E-state index contributed by atoms with van der Waals surface area (Å²) < 4.78 is 5.36. The predicted octanol–water partition coefficient (Wildman–Crippen LogP) is 2.42. The van der Waals surface area contributed by atoms with E-state index in [0.717, 1.165) is 5.56 Å². The second-order valence-electron chi connectivity index (χ2n) is 6.33. The maximum Gasteiger partial charge on any atom is 0.320 e. The second kappa shape index (κ2) is 8.71. The number of carbonyl (C=O) groups excluding carboxylic acids is 1. The summed E-state index contributed by atoms with van der Waals surface area (Å²) >= 11 is 0. The zero-order valence-corrected chi connectivity index (χ0v) is 13.8. The number of nitrogens with zero attached hydrogens (tertiary/aromatic N) is 1. The first-order valence-corrected chi connectivity index (χ1v) is 7.57. The Bertz CT molecular complexity index is 465. The van der Waals surface area contributed by atoms with E-state index in [2.05, 4.69) is 6.58 Å². The number of ether oxygens (including phenoxy) is 1. The third-order valence-electron chi connectivity index (χ3n) is 3.16. The molecule has 0 aromatic heterocycles. The van der Waals surface area contributed by atoms with Crippen molar-refractivity contribution >= 4 is 5.97 Å². The normalized spacial score (nSPS) is 13.0. The molecule has 0 fully saturated rings. The number of esters is 1. The van der Waals surface area contributed by atoms with Crippen LogP contribution in [-0.2, 0) is 16.0 Å². The van der Waals surface area contributed by atoms with Crippen molar-refractivity contribution in [3.05, 3.63) is 48.6 Å². The number of aliphatic hydroxyl groups excluding tert-OH is 1. The van der Waals surface area contributed by atoms with E-state index < -0.39 is 5.60 Å². The van der Waals surface area contributed by atoms with Crippen LogP contribution in [0.1, 0.15) is 26.3 Å². The zero-order valence-electron chi connectivity index (χ0n) is 13.8. The summed E-state index contributed by atoms with van der Waals surface area (Å²) in [5.74, 6) is -0.291. The van der Waals surface area contributed by atoms with Gasteiger partial charge in [0, 0.05) is 12.6 Å². The van der Waals surface area contributed by atoms with E-state index in [-0.39, 0.29) is 25.2 Å². The van der Waals surface area contributed by atoms with Gasteiger partial charge >= 0.3 is 5.97 Å². The highest BCUT2D eigenvalue weighted by molar-refractivity contribution is 5.72. The number of carbonyl (C=O) groups is 1. The van der Waals surface area contributed by atoms with Gasteiger partial charge in [-0.1, -0.05) is 36.4 Å². The molecule has 0 saturated heterocycles. The van der Waals surface area contributed by atoms with Gasteiger partial charge in [-0.05, 0) is 32.8 Å². The molecule has 1 rings (SSSR count). The van der Waals surface area contributed by atoms with Crippen LogP contribution in [0.3, 0.4) is 0 Å². The summed E-state index contributed by atoms with van der Waals surface area (Å²) in [6, 6.07) is 9.78. The maximum atomic E-state index is 12.0. The van der Waals surface area contributed by atoms with Crippen molar-refractivity contribution in [1.29, 1.82) is 0 Å². The van der Waals surface area contributed by atoms with E-state index in [4.69, 9.17) is 4.74 Å². The maximum absolute atomic E-state index is 12.0. The lowest BCUT2D eigenvalue weighted by atomic mass is 10.1. The Hall–Kier alpha value is -1.65. The van der Waals surface area contributed by atoms with Crippen molar-refractivity contribution < 1.29 is 14.6 Å². The van der Waals surface area contributed by atoms with Gasteiger partial charge in [0.25, 0.3) is 0 Å². The molecule has 4 nitrogen and oxygen atoms in total. The highest BCUT2D eigenvalue weighted by atomic mass is 16.6. The van der Waals surface area contributed by atoms with E-state index >= 15 is 0 Å². The molecule has 0 amide bonds. The summed E-state index contributed by atoms with van der Waals surface area (Å²) in [6.07, 6.45) is 2.41. The molecular formula is C18H27NO3. The summed E-state index contributed by atoms with van der Waals surface area (Å²) in [5, 5.41) is 9.70. The second-order valence-corrected chi connectivity index (χ2v) is 6.33. The minimum atomic E-state index is -0.509. The smallest absolute Gasteiger partial charge is 0.320 e. The van der Waals surface area contributed by atoms with Crippen LogP contribution in [0.15, 0.2) is 43.0 Å². The fourth-order valence-corrected chi connectivity index (χ4v) is 2.24. The van der Waals surface area contributed by atoms with E-state index in [0.29, 0.717) is 13.0 Å². The molecule has 0 saturated carbocycles. The third kappa shape index (κ3) is 6.87. The molecule has 0 aliphatic rings. The molecule has 1 aromatic rings. The number of benzene rings is 1. The van der Waals surface area contributed by atoms with Crippen LogP contribution in [0, 0.1) is 0 Å². The van der Waals surface area contributed by atoms with Gasteiger partial charge in [-0.15, -0.1) is 6.58 Å². The highest BCUT2D eigenvalue weighted by Crippen LogP contribution is 2.12. The van der Waals surface area contributed by atoms with Crippen LogP contribution in [-0.4, -0.2) is 47.3 Å². The summed E-state index contributed by atoms with van der Waals surface area (Å²) in [5.41, 5.74) is 0.616. The Balaban J connectivity index is 2.73. The average Bonchev–Trinajstić information content (AvgIpc) is 2.43. The van der Waals surface area contributed by atoms with Crippen LogP contribution < -0.4 is 0 Å². The van der Waals surface area contributed by atoms with Gasteiger partial charge in [-0.3, -0.25) is 9.69 Å². The SMILES string of the molecule is C=CCN(CC(=O)OC(C)(C)C)C(CO)Cc1ccccc1. The van der Waals surface area contributed by atoms with Crippen LogP contribution >= 0.6 is 0 Å². The molecular weight excluding hydrogens is 278 g/mol. The molecule has 0 bridgehead atoms. The Morgan fingerprint density at radius 1 is 1.36 bits per heavy atom. The van der Waals surface area contributed by atoms with E-state index in [9.17, 15) is 9.90 Å². The summed E-state index contributed by atoms with van der Waals surface area (Å²) in [4.78, 5) is 13.9. The largest absolute Gasteiger partial charge is 0.459 e. The lowest BCUT2D eigenvalue weighted by Crippen LogP contribution is -2.44. The zero-order chi connectivity index (χ0) is 16.6. The quantitative estimate of drug-likeness (QED) is 0.592. The minimum Gasteiger partial charge on any atom is -0.459 e. The van der Waals surface area contributed by atoms with E-state index in [1.807, 2.05) is 56.0 Å². The third-order valence-corrected chi connectivity index (χ3v) is 3.16. The predicted molar refractivity (Wildman–Crippen MR) is 88.6 cm³/mol. The first-order valence-electron chi connectivity index (χ1n) is 7.57. The molecule has 0 spiro atoms. The molecule has 0 radical (unpaired) electrons. The Morgan fingerprint density at radius 2 is 2.00 bits per heavy atom. The van der Waals surface area contributed by atoms with Crippen LogP contribution in [0.4, 0.5) is 0 Å². The lowest BCUT2D eigenvalue weighted by molar-refractivity contribution is -0.156. The molecule has 1 N–H and O–H groups in total. The molecule has 0 heterocycles. The van der Waals surface area contributed by atoms with Crippen molar-refractivity contribution in [2.24, 2.45) is 0 Å². The van der Waals surface area contributed by atoms with Gasteiger partial charge in [-0.2, -0.15) is 0 Å². The first-order chi connectivity index (χ1) is 10.4. The molecule has 1 atom stereocenters. The topological polar surface area (TPSA) is 49.8 Å². The van der Waals surface area contributed by atoms with Crippen molar-refractivity contribution in [2.45, 2.75) is 38.8 Å². The summed E-state index contributed by atoms with van der Waals surface area (Å²) in [7, 11) is 0. The molecule has 22 heavy (non-hydrogen) atoms. The monoisotopic (exact) mass is 305 g/mol. The standard InChI is InChI=1S/C18H27NO3/c1-5-11-19(13-17(21)22-18(2,3)4)16(14-20)12-15-9-7-6-8-10-15/h5-10,16,20H,1,11-14H2,2-4H3. The van der Waals surface area contributed by atoms with Crippen LogP contribution in [0.5, 0.6) is 0 Å². The van der Waals surface area contributed by atoms with E-state index in [1.165, 1.54) is 0 Å². The molecule has 122 valence electrons. The van der Waals surface area contributed by atoms with Gasteiger partial charge in [0.2, 0.25) is 0 Å². The van der Waals surface area contributed by atoms with Gasteiger partial charge in [0.05, 0.1) is 13.2 Å². The number of rotatable bonds is 8. The van der Waals surface area contributed by atoms with Crippen molar-refractivity contribution in [1.82, 2.24) is 4.90 Å². The molecule has 1 unspecified atom stereocenters. The van der Waals surface area contributed by atoms with Crippen LogP contribution in [0.2, 0.25) is 0 Å². The van der Waals surface area contributed by atoms with Crippen molar-refractivity contribution in [2.75, 3.05) is 19.7 Å². The number of hydrogen-bond donors (Lipinski definition) is 1. The Kier molecular flexibility index (Phi) is 7.28. The average molecular weight is 305 g/mol. The molecule has 4 heteroatoms. The molecule has 0 aliphatic carbocycles. The van der Waals surface area contributed by atoms with Gasteiger partial charge in [0.1, 0.15) is 5.60 Å². The van der Waals surface area contributed by atoms with Crippen molar-refractivity contribution in [3.8, 4) is 0 Å². The van der Waals surface area contributed by atoms with Crippen LogP contribution in [0.25, 0.3) is 0 Å². The number of aliphatic hydroxyl groups is 1. The number of hydrogen-bond acceptors (Lipinski definition) is 4. The van der Waals surface area contributed by atoms with Gasteiger partial charge in [0.15, 0.2) is 0 Å². The van der Waals surface area contributed by atoms with E-state index in [1.54, 1.807) is 6.08 Å². The molecule has 0 aliphatic heterocycles. The Labute approximate surface area is 133 Å². The first kappa shape index (κ1) is 18.4. The van der Waals surface area contributed by atoms with Crippen molar-refractivity contribution in [3.63, 3.8) is 0 Å². The summed E-state index contributed by atoms with van der Waals surface area (Å²) in [6.45, 7) is 9.90. The van der Waals surface area contributed by atoms with Gasteiger partial charge in [-0.25, -0.2) is 0 Å². The highest BCUT2D eigenvalue weighted by Gasteiger charge is 2.23. The Morgan fingerprint density at radius 3 is 2.50 bits per heavy atom. The fraction of sp³-hybridized carbons (Fsp3) is 0.500. The molecule has 1 aromatic carbocycles. The lowest BCUT2D eigenvalue weighted by Gasteiger charge is -2.30. The minimum absolute atomic E-state index is 0.0223. The fourth-order valence-electron chi connectivity index (χ4n) is 2.24.